The Morgan fingerprint density at radius 2 is 2.32 bits per heavy atom. The van der Waals surface area contributed by atoms with Crippen molar-refractivity contribution in [3.8, 4) is 0 Å². The number of hydrogen-bond donors (Lipinski definition) is 2. The van der Waals surface area contributed by atoms with Crippen molar-refractivity contribution in [2.24, 2.45) is 0 Å². The molecule has 0 spiro atoms. The molecule has 1 atom stereocenters. The number of amides is 2. The lowest BCUT2D eigenvalue weighted by Crippen LogP contribution is -2.42. The topological polar surface area (TPSA) is 65.5 Å². The van der Waals surface area contributed by atoms with E-state index in [1.54, 1.807) is 16.2 Å². The van der Waals surface area contributed by atoms with E-state index in [1.807, 2.05) is 20.0 Å². The smallest absolute Gasteiger partial charge is 0.318 e. The molecule has 1 unspecified atom stereocenters. The van der Waals surface area contributed by atoms with Crippen LogP contribution >= 0.6 is 11.3 Å². The number of carbonyl (C=O) groups is 1. The lowest BCUT2D eigenvalue weighted by molar-refractivity contribution is 0.173. The molecule has 0 radical (unpaired) electrons. The predicted molar refractivity (Wildman–Crippen MR) is 77.4 cm³/mol. The van der Waals surface area contributed by atoms with Gasteiger partial charge in [0.15, 0.2) is 0 Å². The third-order valence-corrected chi connectivity index (χ3v) is 3.88. The maximum Gasteiger partial charge on any atom is 0.318 e. The Balaban J connectivity index is 2.54. The van der Waals surface area contributed by atoms with E-state index >= 15 is 0 Å². The monoisotopic (exact) mass is 285 g/mol. The highest BCUT2D eigenvalue weighted by molar-refractivity contribution is 7.11. The molecule has 0 saturated heterocycles. The van der Waals surface area contributed by atoms with Crippen LogP contribution in [-0.4, -0.2) is 40.7 Å². The average molecular weight is 285 g/mol. The zero-order chi connectivity index (χ0) is 14.3. The van der Waals surface area contributed by atoms with Crippen LogP contribution in [-0.2, 0) is 0 Å². The number of thiazole rings is 1. The third kappa shape index (κ3) is 5.16. The van der Waals surface area contributed by atoms with Crippen LogP contribution in [0.5, 0.6) is 0 Å². The van der Waals surface area contributed by atoms with Crippen molar-refractivity contribution < 1.29 is 9.90 Å². The lowest BCUT2D eigenvalue weighted by atomic mass is 10.3. The van der Waals surface area contributed by atoms with Gasteiger partial charge in [0.1, 0.15) is 5.01 Å². The molecule has 1 aromatic rings. The number of carbonyl (C=O) groups excluding carboxylic acids is 1. The fourth-order valence-corrected chi connectivity index (χ4v) is 2.47. The Hall–Kier alpha value is -1.14. The van der Waals surface area contributed by atoms with Gasteiger partial charge in [-0.3, -0.25) is 0 Å². The standard InChI is InChI=1S/C13H23N3O2S/c1-4-5-6-16(7-8-17)13(18)15-11(3)12-14-9-10(2)19-12/h9,11,17H,4-8H2,1-3H3,(H,15,18). The van der Waals surface area contributed by atoms with Crippen molar-refractivity contribution >= 4 is 17.4 Å². The van der Waals surface area contributed by atoms with Crippen LogP contribution in [0.4, 0.5) is 4.79 Å². The van der Waals surface area contributed by atoms with Gasteiger partial charge in [0.2, 0.25) is 0 Å². The first-order valence-corrected chi connectivity index (χ1v) is 7.48. The van der Waals surface area contributed by atoms with E-state index < -0.39 is 0 Å². The molecule has 0 aliphatic heterocycles. The normalized spacial score (nSPS) is 12.2. The van der Waals surface area contributed by atoms with Crippen LogP contribution in [0.3, 0.4) is 0 Å². The highest BCUT2D eigenvalue weighted by Crippen LogP contribution is 2.19. The van der Waals surface area contributed by atoms with Gasteiger partial charge in [-0.05, 0) is 20.3 Å². The molecule has 0 aliphatic carbocycles. The molecule has 5 nitrogen and oxygen atoms in total. The van der Waals surface area contributed by atoms with E-state index in [-0.39, 0.29) is 18.7 Å². The summed E-state index contributed by atoms with van der Waals surface area (Å²) in [6, 6.07) is -0.239. The number of nitrogens with zero attached hydrogens (tertiary/aromatic N) is 2. The maximum absolute atomic E-state index is 12.1. The first-order valence-electron chi connectivity index (χ1n) is 6.67. The second-order valence-electron chi connectivity index (χ2n) is 4.54. The molecule has 0 aliphatic rings. The number of nitrogens with one attached hydrogen (secondary N) is 1. The van der Waals surface area contributed by atoms with E-state index in [9.17, 15) is 4.79 Å². The van der Waals surface area contributed by atoms with Gasteiger partial charge in [0.05, 0.1) is 12.6 Å². The van der Waals surface area contributed by atoms with E-state index in [0.29, 0.717) is 13.1 Å². The van der Waals surface area contributed by atoms with Gasteiger partial charge in [-0.25, -0.2) is 9.78 Å². The number of aliphatic hydroxyl groups is 1. The average Bonchev–Trinajstić information content (AvgIpc) is 2.81. The molecular formula is C13H23N3O2S. The van der Waals surface area contributed by atoms with E-state index in [0.717, 1.165) is 22.7 Å². The third-order valence-electron chi connectivity index (χ3n) is 2.79. The number of aliphatic hydroxyl groups excluding tert-OH is 1. The summed E-state index contributed by atoms with van der Waals surface area (Å²) in [7, 11) is 0. The molecule has 1 aromatic heterocycles. The first-order chi connectivity index (χ1) is 9.08. The minimum atomic E-state index is -0.136. The van der Waals surface area contributed by atoms with Crippen molar-refractivity contribution in [1.29, 1.82) is 0 Å². The summed E-state index contributed by atoms with van der Waals surface area (Å²) in [4.78, 5) is 19.2. The number of aromatic nitrogens is 1. The van der Waals surface area contributed by atoms with Gasteiger partial charge >= 0.3 is 6.03 Å². The summed E-state index contributed by atoms with van der Waals surface area (Å²) >= 11 is 1.59. The molecule has 6 heteroatoms. The maximum atomic E-state index is 12.1. The zero-order valence-corrected chi connectivity index (χ0v) is 12.7. The molecule has 1 heterocycles. The Morgan fingerprint density at radius 3 is 2.84 bits per heavy atom. The molecule has 2 amide bonds. The second-order valence-corrected chi connectivity index (χ2v) is 5.81. The lowest BCUT2D eigenvalue weighted by Gasteiger charge is -2.23. The molecular weight excluding hydrogens is 262 g/mol. The molecule has 0 bridgehead atoms. The molecule has 0 fully saturated rings. The van der Waals surface area contributed by atoms with Gasteiger partial charge < -0.3 is 15.3 Å². The summed E-state index contributed by atoms with van der Waals surface area (Å²) < 4.78 is 0. The van der Waals surface area contributed by atoms with Gasteiger partial charge in [-0.2, -0.15) is 0 Å². The van der Waals surface area contributed by atoms with Crippen LogP contribution in [0.1, 0.15) is 42.6 Å². The summed E-state index contributed by atoms with van der Waals surface area (Å²) in [6.45, 7) is 7.03. The SMILES string of the molecule is CCCCN(CCO)C(=O)NC(C)c1ncc(C)s1. The van der Waals surface area contributed by atoms with Crippen LogP contribution in [0.2, 0.25) is 0 Å². The quantitative estimate of drug-likeness (QED) is 0.808. The minimum absolute atomic E-state index is 0.0120. The molecule has 0 aromatic carbocycles. The summed E-state index contributed by atoms with van der Waals surface area (Å²) in [5.41, 5.74) is 0. The van der Waals surface area contributed by atoms with Crippen molar-refractivity contribution in [3.63, 3.8) is 0 Å². The Bertz CT molecular complexity index is 395. The summed E-state index contributed by atoms with van der Waals surface area (Å²) in [5, 5.41) is 12.8. The number of rotatable bonds is 7. The Kier molecular flexibility index (Phi) is 6.80. The molecule has 1 rings (SSSR count). The van der Waals surface area contributed by atoms with E-state index in [4.69, 9.17) is 5.11 Å². The molecule has 19 heavy (non-hydrogen) atoms. The number of unbranched alkanes of at least 4 members (excludes halogenated alkanes) is 1. The molecule has 108 valence electrons. The van der Waals surface area contributed by atoms with Gasteiger partial charge in [0.25, 0.3) is 0 Å². The Labute approximate surface area is 118 Å². The highest BCUT2D eigenvalue weighted by Gasteiger charge is 2.17. The van der Waals surface area contributed by atoms with Gasteiger partial charge in [-0.1, -0.05) is 13.3 Å². The number of hydrogen-bond acceptors (Lipinski definition) is 4. The van der Waals surface area contributed by atoms with Crippen molar-refractivity contribution in [2.75, 3.05) is 19.7 Å². The van der Waals surface area contributed by atoms with Gasteiger partial charge in [0, 0.05) is 24.2 Å². The van der Waals surface area contributed by atoms with Crippen LogP contribution in [0.25, 0.3) is 0 Å². The van der Waals surface area contributed by atoms with Crippen LogP contribution in [0.15, 0.2) is 6.20 Å². The molecule has 0 saturated carbocycles. The van der Waals surface area contributed by atoms with E-state index in [1.165, 1.54) is 0 Å². The predicted octanol–water partition coefficient (Wildman–Crippen LogP) is 2.32. The first kappa shape index (κ1) is 15.9. The zero-order valence-electron chi connectivity index (χ0n) is 11.8. The fourth-order valence-electron chi connectivity index (χ4n) is 1.70. The summed E-state index contributed by atoms with van der Waals surface area (Å²) in [5.74, 6) is 0. The van der Waals surface area contributed by atoms with Crippen LogP contribution in [0, 0.1) is 6.92 Å². The number of aryl methyl sites for hydroxylation is 1. The number of urea groups is 1. The molecule has 2 N–H and O–H groups in total. The Morgan fingerprint density at radius 1 is 1.58 bits per heavy atom. The minimum Gasteiger partial charge on any atom is -0.395 e. The van der Waals surface area contributed by atoms with E-state index in [2.05, 4.69) is 17.2 Å². The van der Waals surface area contributed by atoms with Gasteiger partial charge in [-0.15, -0.1) is 11.3 Å². The van der Waals surface area contributed by atoms with Crippen LogP contribution < -0.4 is 5.32 Å². The second kappa shape index (κ2) is 8.12. The highest BCUT2D eigenvalue weighted by atomic mass is 32.1. The van der Waals surface area contributed by atoms with Crippen molar-refractivity contribution in [2.45, 2.75) is 39.7 Å². The van der Waals surface area contributed by atoms with Crippen molar-refractivity contribution in [1.82, 2.24) is 15.2 Å². The van der Waals surface area contributed by atoms with Crippen molar-refractivity contribution in [3.05, 3.63) is 16.1 Å². The largest absolute Gasteiger partial charge is 0.395 e. The fraction of sp³-hybridized carbons (Fsp3) is 0.692. The summed E-state index contributed by atoms with van der Waals surface area (Å²) in [6.07, 6.45) is 3.78.